The number of hydrogen-bond donors (Lipinski definition) is 2. The number of allylic oxidation sites excluding steroid dienone is 1. The van der Waals surface area contributed by atoms with E-state index < -0.39 is 12.1 Å². The van der Waals surface area contributed by atoms with E-state index in [1.54, 1.807) is 0 Å². The number of carbonyl (C=O) groups excluding carboxylic acids is 1. The number of carboxylic acid groups (broad SMARTS) is 1. The van der Waals surface area contributed by atoms with Crippen LogP contribution in [0.15, 0.2) is 12.2 Å². The number of Topliss-reactive ketones (excluding diaryl/α,β-unsaturated/α-hetero) is 1. The molecule has 0 heterocycles. The molecular formula is C21H36O4. The Labute approximate surface area is 152 Å². The van der Waals surface area contributed by atoms with Gasteiger partial charge in [-0.25, -0.2) is 0 Å². The average Bonchev–Trinajstić information content (AvgIpc) is 2.82. The van der Waals surface area contributed by atoms with Crippen LogP contribution in [0.4, 0.5) is 0 Å². The highest BCUT2D eigenvalue weighted by atomic mass is 16.4. The maximum atomic E-state index is 12.2. The molecule has 0 aliphatic heterocycles. The first-order chi connectivity index (χ1) is 12.0. The minimum atomic E-state index is -0.743. The minimum Gasteiger partial charge on any atom is -0.481 e. The summed E-state index contributed by atoms with van der Waals surface area (Å²) in [7, 11) is 0. The van der Waals surface area contributed by atoms with Gasteiger partial charge in [0.2, 0.25) is 0 Å². The molecule has 0 aromatic rings. The second kappa shape index (κ2) is 12.2. The third kappa shape index (κ3) is 8.66. The summed E-state index contributed by atoms with van der Waals surface area (Å²) in [6.07, 6.45) is 13.4. The summed E-state index contributed by atoms with van der Waals surface area (Å²) in [5.74, 6) is -0.168. The van der Waals surface area contributed by atoms with E-state index in [1.807, 2.05) is 0 Å². The van der Waals surface area contributed by atoms with E-state index in [0.29, 0.717) is 12.3 Å². The van der Waals surface area contributed by atoms with Crippen LogP contribution in [0, 0.1) is 17.8 Å². The van der Waals surface area contributed by atoms with Crippen LogP contribution in [0.5, 0.6) is 0 Å². The van der Waals surface area contributed by atoms with Crippen LogP contribution < -0.4 is 0 Å². The summed E-state index contributed by atoms with van der Waals surface area (Å²) in [4.78, 5) is 22.7. The number of carbonyl (C=O) groups is 2. The second-order valence-corrected chi connectivity index (χ2v) is 7.63. The molecule has 1 unspecified atom stereocenters. The van der Waals surface area contributed by atoms with Crippen LogP contribution in [0.2, 0.25) is 0 Å². The molecule has 0 radical (unpaired) electrons. The number of aliphatic hydroxyl groups is 1. The molecule has 0 bridgehead atoms. The van der Waals surface area contributed by atoms with Crippen molar-refractivity contribution in [3.8, 4) is 0 Å². The number of aliphatic carboxylic acids is 1. The highest BCUT2D eigenvalue weighted by Gasteiger charge is 2.39. The number of carboxylic acids is 1. The van der Waals surface area contributed by atoms with Crippen molar-refractivity contribution in [1.29, 1.82) is 0 Å². The predicted molar refractivity (Wildman–Crippen MR) is 100 cm³/mol. The fourth-order valence-corrected chi connectivity index (χ4v) is 3.72. The van der Waals surface area contributed by atoms with E-state index in [0.717, 1.165) is 32.1 Å². The Balaban J connectivity index is 2.39. The van der Waals surface area contributed by atoms with Crippen molar-refractivity contribution in [3.63, 3.8) is 0 Å². The first-order valence-electron chi connectivity index (χ1n) is 10.1. The topological polar surface area (TPSA) is 74.6 Å². The van der Waals surface area contributed by atoms with Crippen LogP contribution in [-0.2, 0) is 9.59 Å². The Kier molecular flexibility index (Phi) is 10.7. The van der Waals surface area contributed by atoms with Gasteiger partial charge in [-0.1, -0.05) is 64.5 Å². The Morgan fingerprint density at radius 2 is 1.92 bits per heavy atom. The van der Waals surface area contributed by atoms with Gasteiger partial charge < -0.3 is 10.2 Å². The second-order valence-electron chi connectivity index (χ2n) is 7.63. The molecule has 0 aromatic carbocycles. The summed E-state index contributed by atoms with van der Waals surface area (Å²) in [5.41, 5.74) is 0. The predicted octanol–water partition coefficient (Wildman–Crippen LogP) is 4.75. The lowest BCUT2D eigenvalue weighted by Crippen LogP contribution is -2.18. The zero-order chi connectivity index (χ0) is 18.7. The third-order valence-electron chi connectivity index (χ3n) is 5.31. The molecule has 0 aromatic heterocycles. The van der Waals surface area contributed by atoms with Crippen molar-refractivity contribution in [2.24, 2.45) is 17.8 Å². The van der Waals surface area contributed by atoms with Crippen LogP contribution in [-0.4, -0.2) is 28.1 Å². The van der Waals surface area contributed by atoms with E-state index in [-0.39, 0.29) is 30.5 Å². The van der Waals surface area contributed by atoms with Gasteiger partial charge >= 0.3 is 5.97 Å². The molecule has 0 amide bonds. The van der Waals surface area contributed by atoms with Crippen LogP contribution in [0.25, 0.3) is 0 Å². The first-order valence-corrected chi connectivity index (χ1v) is 10.1. The summed E-state index contributed by atoms with van der Waals surface area (Å²) in [6.45, 7) is 4.40. The van der Waals surface area contributed by atoms with Gasteiger partial charge in [0.1, 0.15) is 5.78 Å². The van der Waals surface area contributed by atoms with Crippen molar-refractivity contribution in [2.75, 3.05) is 0 Å². The molecule has 4 atom stereocenters. The van der Waals surface area contributed by atoms with Crippen LogP contribution in [0.3, 0.4) is 0 Å². The lowest BCUT2D eigenvalue weighted by Gasteiger charge is -2.18. The van der Waals surface area contributed by atoms with Crippen LogP contribution >= 0.6 is 0 Å². The van der Waals surface area contributed by atoms with Crippen molar-refractivity contribution in [2.45, 2.75) is 90.6 Å². The van der Waals surface area contributed by atoms with E-state index in [4.69, 9.17) is 5.11 Å². The van der Waals surface area contributed by atoms with Crippen molar-refractivity contribution in [3.05, 3.63) is 12.2 Å². The summed E-state index contributed by atoms with van der Waals surface area (Å²) >= 11 is 0. The normalized spacial score (nSPS) is 24.9. The third-order valence-corrected chi connectivity index (χ3v) is 5.31. The van der Waals surface area contributed by atoms with Gasteiger partial charge in [-0.05, 0) is 25.2 Å². The standard InChI is InChI=1S/C21H36O4/c1-3-4-7-10-16(2)13-14-18-17(19(22)15-20(18)23)11-8-5-6-9-12-21(24)25/h13-14,16-18,20,23H,3-12,15H2,1-2H3,(H,24,25)/b14-13+/t16-,17+,18+,20?/m0/s1. The van der Waals surface area contributed by atoms with Crippen LogP contribution in [0.1, 0.15) is 84.5 Å². The number of aliphatic hydroxyl groups excluding tert-OH is 1. The molecule has 144 valence electrons. The van der Waals surface area contributed by atoms with Gasteiger partial charge in [0, 0.05) is 24.7 Å². The van der Waals surface area contributed by atoms with Gasteiger partial charge in [0.25, 0.3) is 0 Å². The Morgan fingerprint density at radius 1 is 1.20 bits per heavy atom. The maximum absolute atomic E-state index is 12.2. The lowest BCUT2D eigenvalue weighted by atomic mass is 9.87. The first kappa shape index (κ1) is 21.9. The fourth-order valence-electron chi connectivity index (χ4n) is 3.72. The number of ketones is 1. The summed E-state index contributed by atoms with van der Waals surface area (Å²) in [6, 6.07) is 0. The van der Waals surface area contributed by atoms with Gasteiger partial charge in [0.05, 0.1) is 6.10 Å². The molecule has 4 heteroatoms. The smallest absolute Gasteiger partial charge is 0.303 e. The molecule has 1 aliphatic carbocycles. The van der Waals surface area contributed by atoms with Crippen molar-refractivity contribution >= 4 is 11.8 Å². The lowest BCUT2D eigenvalue weighted by molar-refractivity contribution is -0.137. The monoisotopic (exact) mass is 352 g/mol. The number of hydrogen-bond acceptors (Lipinski definition) is 3. The molecule has 2 N–H and O–H groups in total. The molecule has 0 saturated heterocycles. The zero-order valence-electron chi connectivity index (χ0n) is 16.0. The Morgan fingerprint density at radius 3 is 2.60 bits per heavy atom. The average molecular weight is 353 g/mol. The zero-order valence-corrected chi connectivity index (χ0v) is 16.0. The molecule has 1 saturated carbocycles. The Hall–Kier alpha value is -1.16. The Bertz CT molecular complexity index is 430. The molecule has 1 rings (SSSR count). The summed E-state index contributed by atoms with van der Waals surface area (Å²) < 4.78 is 0. The molecule has 1 aliphatic rings. The van der Waals surface area contributed by atoms with Gasteiger partial charge in [-0.15, -0.1) is 0 Å². The number of rotatable bonds is 13. The van der Waals surface area contributed by atoms with E-state index >= 15 is 0 Å². The molecular weight excluding hydrogens is 316 g/mol. The molecule has 1 fully saturated rings. The highest BCUT2D eigenvalue weighted by Crippen LogP contribution is 2.34. The van der Waals surface area contributed by atoms with Gasteiger partial charge in [-0.2, -0.15) is 0 Å². The molecule has 4 nitrogen and oxygen atoms in total. The summed E-state index contributed by atoms with van der Waals surface area (Å²) in [5, 5.41) is 18.9. The number of unbranched alkanes of at least 4 members (excludes halogenated alkanes) is 5. The van der Waals surface area contributed by atoms with E-state index in [9.17, 15) is 14.7 Å². The quantitative estimate of drug-likeness (QED) is 0.370. The minimum absolute atomic E-state index is 0.0415. The van der Waals surface area contributed by atoms with Gasteiger partial charge in [0.15, 0.2) is 0 Å². The highest BCUT2D eigenvalue weighted by molar-refractivity contribution is 5.84. The fraction of sp³-hybridized carbons (Fsp3) is 0.810. The molecule has 0 spiro atoms. The van der Waals surface area contributed by atoms with E-state index in [2.05, 4.69) is 26.0 Å². The van der Waals surface area contributed by atoms with E-state index in [1.165, 1.54) is 19.3 Å². The SMILES string of the molecule is CCCCC[C@H](C)/C=C/[C@H]1C(O)CC(=O)[C@@H]1CCCCCCC(=O)O. The van der Waals surface area contributed by atoms with Crippen molar-refractivity contribution in [1.82, 2.24) is 0 Å². The largest absolute Gasteiger partial charge is 0.481 e. The molecule has 25 heavy (non-hydrogen) atoms. The maximum Gasteiger partial charge on any atom is 0.303 e. The van der Waals surface area contributed by atoms with Crippen molar-refractivity contribution < 1.29 is 19.8 Å². The van der Waals surface area contributed by atoms with Gasteiger partial charge in [-0.3, -0.25) is 9.59 Å².